The van der Waals surface area contributed by atoms with Crippen LogP contribution < -0.4 is 10.5 Å². The van der Waals surface area contributed by atoms with Gasteiger partial charge in [-0.05, 0) is 40.2 Å². The quantitative estimate of drug-likeness (QED) is 0.527. The number of nitrogen functional groups attached to an aromatic ring is 1. The van der Waals surface area contributed by atoms with Crippen LogP contribution in [-0.2, 0) is 0 Å². The summed E-state index contributed by atoms with van der Waals surface area (Å²) in [5.41, 5.74) is 5.14. The molecule has 0 saturated carbocycles. The predicted octanol–water partition coefficient (Wildman–Crippen LogP) is 3.55. The molecule has 2 rings (SSSR count). The Morgan fingerprint density at radius 2 is 1.95 bits per heavy atom. The number of anilines is 1. The Hall–Kier alpha value is -1.95. The van der Waals surface area contributed by atoms with Crippen LogP contribution in [0.15, 0.2) is 34.8 Å². The van der Waals surface area contributed by atoms with Crippen molar-refractivity contribution in [3.05, 3.63) is 57.6 Å². The van der Waals surface area contributed by atoms with E-state index in [4.69, 9.17) is 10.5 Å². The Kier molecular flexibility index (Phi) is 4.04. The smallest absolute Gasteiger partial charge is 0.201 e. The zero-order valence-corrected chi connectivity index (χ0v) is 12.0. The minimum atomic E-state index is -0.961. The third kappa shape index (κ3) is 2.38. The zero-order chi connectivity index (χ0) is 14.9. The molecule has 0 spiro atoms. The van der Waals surface area contributed by atoms with Crippen molar-refractivity contribution < 1.29 is 18.3 Å². The van der Waals surface area contributed by atoms with Gasteiger partial charge in [-0.25, -0.2) is 8.78 Å². The van der Waals surface area contributed by atoms with Crippen LogP contribution in [0.2, 0.25) is 0 Å². The first-order valence-electron chi connectivity index (χ1n) is 5.58. The summed E-state index contributed by atoms with van der Waals surface area (Å²) in [6.45, 7) is 0. The summed E-state index contributed by atoms with van der Waals surface area (Å²) < 4.78 is 32.6. The Morgan fingerprint density at radius 3 is 2.60 bits per heavy atom. The summed E-state index contributed by atoms with van der Waals surface area (Å²) in [4.78, 5) is 12.3. The molecule has 0 aromatic heterocycles. The number of benzene rings is 2. The van der Waals surface area contributed by atoms with Crippen molar-refractivity contribution in [2.45, 2.75) is 0 Å². The van der Waals surface area contributed by atoms with Gasteiger partial charge in [0.05, 0.1) is 22.8 Å². The zero-order valence-electron chi connectivity index (χ0n) is 10.4. The SMILES string of the molecule is COc1cccc(C(=O)c2c(F)ccc(Br)c2F)c1N. The summed E-state index contributed by atoms with van der Waals surface area (Å²) >= 11 is 2.92. The molecule has 2 N–H and O–H groups in total. The van der Waals surface area contributed by atoms with E-state index in [0.717, 1.165) is 6.07 Å². The highest BCUT2D eigenvalue weighted by molar-refractivity contribution is 9.10. The van der Waals surface area contributed by atoms with Crippen molar-refractivity contribution in [3.63, 3.8) is 0 Å². The number of hydrogen-bond acceptors (Lipinski definition) is 3. The Morgan fingerprint density at radius 1 is 1.25 bits per heavy atom. The van der Waals surface area contributed by atoms with Gasteiger partial charge < -0.3 is 10.5 Å². The van der Waals surface area contributed by atoms with Crippen LogP contribution in [0.25, 0.3) is 0 Å². The molecule has 0 radical (unpaired) electrons. The van der Waals surface area contributed by atoms with E-state index < -0.39 is 23.0 Å². The van der Waals surface area contributed by atoms with Crippen LogP contribution in [0, 0.1) is 11.6 Å². The van der Waals surface area contributed by atoms with Gasteiger partial charge >= 0.3 is 0 Å². The summed E-state index contributed by atoms with van der Waals surface area (Å²) in [5.74, 6) is -2.47. The number of carbonyl (C=O) groups is 1. The van der Waals surface area contributed by atoms with E-state index in [1.165, 1.54) is 25.3 Å². The highest BCUT2D eigenvalue weighted by atomic mass is 79.9. The fourth-order valence-electron chi connectivity index (χ4n) is 1.79. The number of para-hydroxylation sites is 1. The molecule has 0 fully saturated rings. The van der Waals surface area contributed by atoms with Crippen LogP contribution >= 0.6 is 15.9 Å². The van der Waals surface area contributed by atoms with E-state index in [1.54, 1.807) is 6.07 Å². The topological polar surface area (TPSA) is 52.3 Å². The molecule has 0 aliphatic rings. The summed E-state index contributed by atoms with van der Waals surface area (Å²) in [5, 5.41) is 0. The maximum atomic E-state index is 13.9. The third-order valence-corrected chi connectivity index (χ3v) is 3.41. The molecule has 0 aliphatic heterocycles. The average Bonchev–Trinajstić information content (AvgIpc) is 2.43. The molecule has 6 heteroatoms. The van der Waals surface area contributed by atoms with E-state index in [-0.39, 0.29) is 21.5 Å². The lowest BCUT2D eigenvalue weighted by molar-refractivity contribution is 0.103. The van der Waals surface area contributed by atoms with Crippen LogP contribution in [0.5, 0.6) is 5.75 Å². The highest BCUT2D eigenvalue weighted by Crippen LogP contribution is 2.29. The second-order valence-corrected chi connectivity index (χ2v) is 4.82. The van der Waals surface area contributed by atoms with E-state index >= 15 is 0 Å². The van der Waals surface area contributed by atoms with Gasteiger partial charge in [-0.15, -0.1) is 0 Å². The molecule has 0 aliphatic carbocycles. The number of ether oxygens (including phenoxy) is 1. The number of carbonyl (C=O) groups excluding carboxylic acids is 1. The van der Waals surface area contributed by atoms with Gasteiger partial charge in [-0.2, -0.15) is 0 Å². The molecule has 0 unspecified atom stereocenters. The molecule has 0 bridgehead atoms. The van der Waals surface area contributed by atoms with Gasteiger partial charge in [0, 0.05) is 5.56 Å². The molecule has 0 atom stereocenters. The maximum Gasteiger partial charge on any atom is 0.201 e. The van der Waals surface area contributed by atoms with Gasteiger partial charge in [0.25, 0.3) is 0 Å². The monoisotopic (exact) mass is 341 g/mol. The van der Waals surface area contributed by atoms with Crippen LogP contribution in [0.4, 0.5) is 14.5 Å². The number of nitrogens with two attached hydrogens (primary N) is 1. The first-order valence-corrected chi connectivity index (χ1v) is 6.37. The van der Waals surface area contributed by atoms with E-state index in [0.29, 0.717) is 0 Å². The lowest BCUT2D eigenvalue weighted by atomic mass is 10.0. The van der Waals surface area contributed by atoms with Gasteiger partial charge in [-0.3, -0.25) is 4.79 Å². The maximum absolute atomic E-state index is 13.9. The minimum absolute atomic E-state index is 0.00344. The van der Waals surface area contributed by atoms with E-state index in [2.05, 4.69) is 15.9 Å². The molecule has 2 aromatic rings. The second-order valence-electron chi connectivity index (χ2n) is 3.97. The van der Waals surface area contributed by atoms with E-state index in [1.807, 2.05) is 0 Å². The number of methoxy groups -OCH3 is 1. The standard InChI is InChI=1S/C14H10BrF2NO2/c1-20-10-4-2-3-7(13(10)18)14(19)11-9(16)6-5-8(15)12(11)17/h2-6H,18H2,1H3. The Bertz CT molecular complexity index is 689. The molecule has 0 heterocycles. The molecule has 20 heavy (non-hydrogen) atoms. The summed E-state index contributed by atoms with van der Waals surface area (Å²) in [6, 6.07) is 6.67. The van der Waals surface area contributed by atoms with Crippen molar-refractivity contribution in [1.29, 1.82) is 0 Å². The summed E-state index contributed by atoms with van der Waals surface area (Å²) in [6.07, 6.45) is 0. The predicted molar refractivity (Wildman–Crippen MR) is 74.9 cm³/mol. The lowest BCUT2D eigenvalue weighted by Crippen LogP contribution is -2.11. The van der Waals surface area contributed by atoms with Gasteiger partial charge in [0.2, 0.25) is 5.78 Å². The van der Waals surface area contributed by atoms with Crippen molar-refractivity contribution in [3.8, 4) is 5.75 Å². The average molecular weight is 342 g/mol. The number of rotatable bonds is 3. The van der Waals surface area contributed by atoms with Crippen molar-refractivity contribution in [1.82, 2.24) is 0 Å². The van der Waals surface area contributed by atoms with Gasteiger partial charge in [0.15, 0.2) is 5.82 Å². The number of hydrogen-bond donors (Lipinski definition) is 1. The second kappa shape index (κ2) is 5.58. The number of ketones is 1. The lowest BCUT2D eigenvalue weighted by Gasteiger charge is -2.10. The van der Waals surface area contributed by atoms with Gasteiger partial charge in [-0.1, -0.05) is 6.07 Å². The van der Waals surface area contributed by atoms with Crippen LogP contribution in [0.1, 0.15) is 15.9 Å². The van der Waals surface area contributed by atoms with Gasteiger partial charge in [0.1, 0.15) is 11.6 Å². The fraction of sp³-hybridized carbons (Fsp3) is 0.0714. The Balaban J connectivity index is 2.61. The molecule has 2 aromatic carbocycles. The summed E-state index contributed by atoms with van der Waals surface area (Å²) in [7, 11) is 1.39. The minimum Gasteiger partial charge on any atom is -0.495 e. The number of halogens is 3. The highest BCUT2D eigenvalue weighted by Gasteiger charge is 2.23. The molecular formula is C14H10BrF2NO2. The first kappa shape index (κ1) is 14.5. The van der Waals surface area contributed by atoms with Crippen LogP contribution in [-0.4, -0.2) is 12.9 Å². The normalized spacial score (nSPS) is 10.4. The largest absolute Gasteiger partial charge is 0.495 e. The van der Waals surface area contributed by atoms with Crippen molar-refractivity contribution >= 4 is 27.4 Å². The third-order valence-electron chi connectivity index (χ3n) is 2.80. The first-order chi connectivity index (χ1) is 9.47. The molecule has 3 nitrogen and oxygen atoms in total. The molecule has 0 saturated heterocycles. The Labute approximate surface area is 122 Å². The van der Waals surface area contributed by atoms with Crippen molar-refractivity contribution in [2.75, 3.05) is 12.8 Å². The fourth-order valence-corrected chi connectivity index (χ4v) is 2.12. The molecular weight excluding hydrogens is 332 g/mol. The molecule has 104 valence electrons. The molecule has 0 amide bonds. The van der Waals surface area contributed by atoms with Crippen molar-refractivity contribution in [2.24, 2.45) is 0 Å². The van der Waals surface area contributed by atoms with E-state index in [9.17, 15) is 13.6 Å². The van der Waals surface area contributed by atoms with Crippen LogP contribution in [0.3, 0.4) is 0 Å².